The lowest BCUT2D eigenvalue weighted by Gasteiger charge is -1.99. The average Bonchev–Trinajstić information content (AvgIpc) is 2.25. The third-order valence-electron chi connectivity index (χ3n) is 1.67. The SMILES string of the molecule is N/C=C(\C=NC=O)Cc1ccncc1. The van der Waals surface area contributed by atoms with Crippen molar-refractivity contribution in [2.24, 2.45) is 10.7 Å². The summed E-state index contributed by atoms with van der Waals surface area (Å²) in [6, 6.07) is 3.77. The standard InChI is InChI=1S/C10H11N3O/c11-6-10(7-13-8-14)5-9-1-3-12-4-2-9/h1-4,6-8H,5,11H2/b10-6-,13-7?. The van der Waals surface area contributed by atoms with Gasteiger partial charge in [0, 0.05) is 25.0 Å². The largest absolute Gasteiger partial charge is 0.404 e. The maximum atomic E-state index is 10.0. The molecule has 0 bridgehead atoms. The third-order valence-corrected chi connectivity index (χ3v) is 1.67. The van der Waals surface area contributed by atoms with Gasteiger partial charge in [-0.25, -0.2) is 4.99 Å². The van der Waals surface area contributed by atoms with Crippen molar-refractivity contribution in [3.05, 3.63) is 41.9 Å². The normalized spacial score (nSPS) is 11.9. The molecule has 72 valence electrons. The zero-order valence-electron chi connectivity index (χ0n) is 7.63. The molecule has 0 atom stereocenters. The first-order valence-corrected chi connectivity index (χ1v) is 4.13. The van der Waals surface area contributed by atoms with Crippen molar-refractivity contribution in [3.63, 3.8) is 0 Å². The summed E-state index contributed by atoms with van der Waals surface area (Å²) in [5, 5.41) is 0. The molecule has 0 aliphatic carbocycles. The van der Waals surface area contributed by atoms with Crippen LogP contribution < -0.4 is 5.73 Å². The summed E-state index contributed by atoms with van der Waals surface area (Å²) in [5.41, 5.74) is 7.25. The van der Waals surface area contributed by atoms with E-state index in [1.54, 1.807) is 12.4 Å². The number of aliphatic imine (C=N–C) groups is 1. The molecule has 0 saturated carbocycles. The van der Waals surface area contributed by atoms with Gasteiger partial charge in [0.1, 0.15) is 0 Å². The first kappa shape index (κ1) is 10.1. The lowest BCUT2D eigenvalue weighted by atomic mass is 10.1. The minimum absolute atomic E-state index is 0.482. The van der Waals surface area contributed by atoms with Crippen LogP contribution in [0.5, 0.6) is 0 Å². The van der Waals surface area contributed by atoms with Crippen LogP contribution in [0.2, 0.25) is 0 Å². The molecule has 1 heterocycles. The van der Waals surface area contributed by atoms with Crippen molar-refractivity contribution >= 4 is 12.6 Å². The topological polar surface area (TPSA) is 68.3 Å². The zero-order chi connectivity index (χ0) is 10.2. The van der Waals surface area contributed by atoms with Gasteiger partial charge in [0.25, 0.3) is 0 Å². The summed E-state index contributed by atoms with van der Waals surface area (Å²) in [7, 11) is 0. The van der Waals surface area contributed by atoms with Crippen molar-refractivity contribution in [3.8, 4) is 0 Å². The van der Waals surface area contributed by atoms with Crippen LogP contribution in [0.25, 0.3) is 0 Å². The molecule has 2 N–H and O–H groups in total. The molecule has 4 heteroatoms. The summed E-state index contributed by atoms with van der Waals surface area (Å²) < 4.78 is 0. The molecule has 1 aromatic heterocycles. The van der Waals surface area contributed by atoms with E-state index in [9.17, 15) is 4.79 Å². The molecule has 0 fully saturated rings. The van der Waals surface area contributed by atoms with Crippen LogP contribution >= 0.6 is 0 Å². The van der Waals surface area contributed by atoms with E-state index >= 15 is 0 Å². The first-order valence-electron chi connectivity index (χ1n) is 4.13. The van der Waals surface area contributed by atoms with Gasteiger partial charge in [-0.15, -0.1) is 0 Å². The molecule has 4 nitrogen and oxygen atoms in total. The van der Waals surface area contributed by atoms with Crippen LogP contribution in [-0.4, -0.2) is 17.6 Å². The molecular formula is C10H11N3O. The third kappa shape index (κ3) is 3.18. The number of pyridine rings is 1. The summed E-state index contributed by atoms with van der Waals surface area (Å²) in [6.07, 6.45) is 7.44. The molecule has 0 aromatic carbocycles. The van der Waals surface area contributed by atoms with E-state index in [-0.39, 0.29) is 0 Å². The van der Waals surface area contributed by atoms with E-state index in [1.807, 2.05) is 12.1 Å². The Morgan fingerprint density at radius 3 is 2.79 bits per heavy atom. The average molecular weight is 189 g/mol. The predicted octanol–water partition coefficient (Wildman–Crippen LogP) is 0.694. The summed E-state index contributed by atoms with van der Waals surface area (Å²) in [4.78, 5) is 17.4. The second-order valence-electron chi connectivity index (χ2n) is 2.66. The predicted molar refractivity (Wildman–Crippen MR) is 54.8 cm³/mol. The molecule has 1 aromatic rings. The van der Waals surface area contributed by atoms with Gasteiger partial charge in [-0.05, 0) is 29.5 Å². The fourth-order valence-corrected chi connectivity index (χ4v) is 1.01. The van der Waals surface area contributed by atoms with Crippen LogP contribution in [0.1, 0.15) is 5.56 Å². The second kappa shape index (κ2) is 5.64. The maximum Gasteiger partial charge on any atom is 0.232 e. The smallest absolute Gasteiger partial charge is 0.232 e. The minimum atomic E-state index is 0.482. The molecule has 0 aliphatic rings. The number of amides is 1. The molecular weight excluding hydrogens is 178 g/mol. The van der Waals surface area contributed by atoms with E-state index in [0.717, 1.165) is 11.1 Å². The number of nitrogens with two attached hydrogens (primary N) is 1. The monoisotopic (exact) mass is 189 g/mol. The highest BCUT2D eigenvalue weighted by atomic mass is 16.1. The van der Waals surface area contributed by atoms with Crippen LogP contribution in [0.15, 0.2) is 41.3 Å². The fraction of sp³-hybridized carbons (Fsp3) is 0.100. The summed E-state index contributed by atoms with van der Waals surface area (Å²) >= 11 is 0. The zero-order valence-corrected chi connectivity index (χ0v) is 7.63. The lowest BCUT2D eigenvalue weighted by molar-refractivity contribution is -0.106. The number of rotatable bonds is 4. The van der Waals surface area contributed by atoms with Gasteiger partial charge in [0.15, 0.2) is 0 Å². The molecule has 1 amide bonds. The molecule has 0 spiro atoms. The van der Waals surface area contributed by atoms with Gasteiger partial charge in [-0.3, -0.25) is 9.78 Å². The highest BCUT2D eigenvalue weighted by Crippen LogP contribution is 2.03. The van der Waals surface area contributed by atoms with Crippen LogP contribution in [0, 0.1) is 0 Å². The van der Waals surface area contributed by atoms with Gasteiger partial charge in [-0.2, -0.15) is 0 Å². The van der Waals surface area contributed by atoms with Gasteiger partial charge in [0.2, 0.25) is 6.41 Å². The Morgan fingerprint density at radius 1 is 1.50 bits per heavy atom. The molecule has 0 unspecified atom stereocenters. The first-order chi connectivity index (χ1) is 6.86. The summed E-state index contributed by atoms with van der Waals surface area (Å²) in [6.45, 7) is 0. The van der Waals surface area contributed by atoms with E-state index in [4.69, 9.17) is 5.73 Å². The van der Waals surface area contributed by atoms with Gasteiger partial charge in [0.05, 0.1) is 0 Å². The van der Waals surface area contributed by atoms with E-state index in [2.05, 4.69) is 9.98 Å². The fourth-order valence-electron chi connectivity index (χ4n) is 1.01. The number of allylic oxidation sites excluding steroid dienone is 1. The van der Waals surface area contributed by atoms with Gasteiger partial charge in [-0.1, -0.05) is 0 Å². The highest BCUT2D eigenvalue weighted by Gasteiger charge is 1.95. The lowest BCUT2D eigenvalue weighted by Crippen LogP contribution is -1.96. The maximum absolute atomic E-state index is 10.0. The Kier molecular flexibility index (Phi) is 4.07. The van der Waals surface area contributed by atoms with Crippen molar-refractivity contribution in [1.82, 2.24) is 4.98 Å². The van der Waals surface area contributed by atoms with Gasteiger partial charge < -0.3 is 5.73 Å². The molecule has 0 radical (unpaired) electrons. The van der Waals surface area contributed by atoms with Crippen LogP contribution in [0.3, 0.4) is 0 Å². The van der Waals surface area contributed by atoms with Gasteiger partial charge >= 0.3 is 0 Å². The van der Waals surface area contributed by atoms with Crippen LogP contribution in [0.4, 0.5) is 0 Å². The van der Waals surface area contributed by atoms with E-state index in [0.29, 0.717) is 12.8 Å². The number of carbonyl (C=O) groups is 1. The summed E-state index contributed by atoms with van der Waals surface area (Å²) in [5.74, 6) is 0. The Morgan fingerprint density at radius 2 is 2.21 bits per heavy atom. The minimum Gasteiger partial charge on any atom is -0.404 e. The number of hydrogen-bond acceptors (Lipinski definition) is 3. The van der Waals surface area contributed by atoms with Crippen molar-refractivity contribution in [1.29, 1.82) is 0 Å². The molecule has 0 aliphatic heterocycles. The molecule has 0 saturated heterocycles. The van der Waals surface area contributed by atoms with Crippen molar-refractivity contribution < 1.29 is 4.79 Å². The Hall–Kier alpha value is -1.97. The quantitative estimate of drug-likeness (QED) is 0.559. The van der Waals surface area contributed by atoms with Crippen molar-refractivity contribution in [2.75, 3.05) is 0 Å². The number of nitrogens with zero attached hydrogens (tertiary/aromatic N) is 2. The number of aromatic nitrogens is 1. The van der Waals surface area contributed by atoms with Crippen molar-refractivity contribution in [2.45, 2.75) is 6.42 Å². The molecule has 1 rings (SSSR count). The van der Waals surface area contributed by atoms with E-state index < -0.39 is 0 Å². The van der Waals surface area contributed by atoms with E-state index in [1.165, 1.54) is 12.4 Å². The Labute approximate surface area is 82.2 Å². The second-order valence-corrected chi connectivity index (χ2v) is 2.66. The Bertz CT molecular complexity index is 344. The highest BCUT2D eigenvalue weighted by molar-refractivity contribution is 5.84. The van der Waals surface area contributed by atoms with Crippen LogP contribution in [-0.2, 0) is 11.2 Å². The molecule has 14 heavy (non-hydrogen) atoms. The number of carbonyl (C=O) groups excluding carboxylic acids is 1. The Balaban J connectivity index is 2.67. The number of hydrogen-bond donors (Lipinski definition) is 1.